The highest BCUT2D eigenvalue weighted by Crippen LogP contribution is 2.31. The van der Waals surface area contributed by atoms with Crippen LogP contribution >= 0.6 is 0 Å². The summed E-state index contributed by atoms with van der Waals surface area (Å²) in [6.45, 7) is 0. The highest BCUT2D eigenvalue weighted by Gasteiger charge is 2.22. The number of nitrogens with zero attached hydrogens (tertiary/aromatic N) is 2. The monoisotopic (exact) mass is 306 g/mol. The molecule has 1 aliphatic carbocycles. The van der Waals surface area contributed by atoms with E-state index in [1.807, 2.05) is 0 Å². The van der Waals surface area contributed by atoms with Crippen LogP contribution in [0.1, 0.15) is 31.7 Å². The maximum Gasteiger partial charge on any atom is 0.263 e. The highest BCUT2D eigenvalue weighted by atomic mass is 32.2. The van der Waals surface area contributed by atoms with Crippen LogP contribution < -0.4 is 10.5 Å². The Bertz CT molecular complexity index is 716. The lowest BCUT2D eigenvalue weighted by molar-refractivity contribution is 0.473. The van der Waals surface area contributed by atoms with Gasteiger partial charge in [-0.15, -0.1) is 0 Å². The van der Waals surface area contributed by atoms with Gasteiger partial charge in [0.25, 0.3) is 10.0 Å². The Balaban J connectivity index is 1.86. The van der Waals surface area contributed by atoms with Crippen LogP contribution in [0.3, 0.4) is 0 Å². The first-order valence-corrected chi connectivity index (χ1v) is 8.46. The zero-order chi connectivity index (χ0) is 14.9. The molecule has 3 N–H and O–H groups in total. The van der Waals surface area contributed by atoms with E-state index in [9.17, 15) is 8.42 Å². The molecule has 0 atom stereocenters. The number of hydrogen-bond acceptors (Lipinski definition) is 4. The Morgan fingerprint density at radius 2 is 1.81 bits per heavy atom. The van der Waals surface area contributed by atoms with Crippen molar-refractivity contribution >= 4 is 21.5 Å². The van der Waals surface area contributed by atoms with Gasteiger partial charge in [-0.1, -0.05) is 12.8 Å². The molecule has 0 spiro atoms. The quantitative estimate of drug-likeness (QED) is 0.849. The van der Waals surface area contributed by atoms with Gasteiger partial charge < -0.3 is 5.73 Å². The van der Waals surface area contributed by atoms with Crippen LogP contribution in [-0.4, -0.2) is 18.2 Å². The lowest BCUT2D eigenvalue weighted by atomic mass is 10.2. The first-order chi connectivity index (χ1) is 10.1. The molecule has 0 unspecified atom stereocenters. The van der Waals surface area contributed by atoms with Gasteiger partial charge in [-0.3, -0.25) is 4.72 Å². The van der Waals surface area contributed by atoms with Gasteiger partial charge in [0.1, 0.15) is 5.82 Å². The molecule has 0 saturated heterocycles. The number of rotatable bonds is 4. The van der Waals surface area contributed by atoms with Gasteiger partial charge in [-0.2, -0.15) is 5.10 Å². The molecule has 6 nitrogen and oxygen atoms in total. The summed E-state index contributed by atoms with van der Waals surface area (Å²) in [5, 5.41) is 4.26. The van der Waals surface area contributed by atoms with Gasteiger partial charge in [0.05, 0.1) is 17.1 Å². The summed E-state index contributed by atoms with van der Waals surface area (Å²) in [6, 6.07) is 8.10. The third kappa shape index (κ3) is 2.87. The number of nitrogens with two attached hydrogens (primary N) is 1. The zero-order valence-corrected chi connectivity index (χ0v) is 12.4. The van der Waals surface area contributed by atoms with Gasteiger partial charge in [0, 0.05) is 11.8 Å². The lowest BCUT2D eigenvalue weighted by Crippen LogP contribution is -2.18. The molecule has 1 heterocycles. The summed E-state index contributed by atoms with van der Waals surface area (Å²) in [5.74, 6) is 0.513. The number of aromatic nitrogens is 2. The standard InChI is InChI=1S/C14H18N4O2S/c15-11-5-7-13(8-6-11)21(19,20)17-14-9-10-16-18(14)12-3-1-2-4-12/h5-10,12,17H,1-4,15H2. The van der Waals surface area contributed by atoms with Crippen molar-refractivity contribution in [2.24, 2.45) is 0 Å². The zero-order valence-electron chi connectivity index (χ0n) is 11.6. The summed E-state index contributed by atoms with van der Waals surface area (Å²) in [4.78, 5) is 0.191. The van der Waals surface area contributed by atoms with Crippen molar-refractivity contribution in [3.8, 4) is 0 Å². The molecule has 0 bridgehead atoms. The number of hydrogen-bond donors (Lipinski definition) is 2. The maximum absolute atomic E-state index is 12.4. The largest absolute Gasteiger partial charge is 0.399 e. The number of nitrogens with one attached hydrogen (secondary N) is 1. The average Bonchev–Trinajstić information content (AvgIpc) is 3.09. The smallest absolute Gasteiger partial charge is 0.263 e. The van der Waals surface area contributed by atoms with Crippen molar-refractivity contribution < 1.29 is 8.42 Å². The van der Waals surface area contributed by atoms with E-state index < -0.39 is 10.0 Å². The Morgan fingerprint density at radius 3 is 2.48 bits per heavy atom. The second kappa shape index (κ2) is 5.40. The van der Waals surface area contributed by atoms with Crippen LogP contribution in [0.4, 0.5) is 11.5 Å². The summed E-state index contributed by atoms with van der Waals surface area (Å²) in [7, 11) is -3.62. The number of sulfonamides is 1. The predicted octanol–water partition coefficient (Wildman–Crippen LogP) is 2.38. The fourth-order valence-electron chi connectivity index (χ4n) is 2.68. The number of nitrogen functional groups attached to an aromatic ring is 1. The van der Waals surface area contributed by atoms with Gasteiger partial charge in [0.15, 0.2) is 0 Å². The van der Waals surface area contributed by atoms with Gasteiger partial charge >= 0.3 is 0 Å². The van der Waals surface area contributed by atoms with E-state index in [4.69, 9.17) is 5.73 Å². The van der Waals surface area contributed by atoms with Crippen LogP contribution in [0.15, 0.2) is 41.4 Å². The van der Waals surface area contributed by atoms with E-state index in [0.29, 0.717) is 11.5 Å². The highest BCUT2D eigenvalue weighted by molar-refractivity contribution is 7.92. The molecule has 1 aromatic carbocycles. The Morgan fingerprint density at radius 1 is 1.14 bits per heavy atom. The summed E-state index contributed by atoms with van der Waals surface area (Å²) in [5.41, 5.74) is 6.12. The molecule has 21 heavy (non-hydrogen) atoms. The van der Waals surface area contributed by atoms with Crippen molar-refractivity contribution in [1.29, 1.82) is 0 Å². The predicted molar refractivity (Wildman–Crippen MR) is 81.4 cm³/mol. The number of anilines is 2. The van der Waals surface area contributed by atoms with E-state index in [1.165, 1.54) is 12.1 Å². The molecule has 0 aliphatic heterocycles. The first kappa shape index (κ1) is 13.9. The van der Waals surface area contributed by atoms with Crippen molar-refractivity contribution in [1.82, 2.24) is 9.78 Å². The molecule has 112 valence electrons. The summed E-state index contributed by atoms with van der Waals surface area (Å²) in [6.07, 6.45) is 6.03. The molecule has 1 fully saturated rings. The Hall–Kier alpha value is -2.02. The minimum absolute atomic E-state index is 0.191. The topological polar surface area (TPSA) is 90.0 Å². The molecule has 2 aromatic rings. The molecule has 3 rings (SSSR count). The minimum atomic E-state index is -3.62. The normalized spacial score (nSPS) is 16.2. The maximum atomic E-state index is 12.4. The SMILES string of the molecule is Nc1ccc(S(=O)(=O)Nc2ccnn2C2CCCC2)cc1. The Kier molecular flexibility index (Phi) is 3.59. The molecule has 1 aliphatic rings. The molecule has 7 heteroatoms. The van der Waals surface area contributed by atoms with Gasteiger partial charge in [-0.05, 0) is 37.1 Å². The van der Waals surface area contributed by atoms with Crippen LogP contribution in [-0.2, 0) is 10.0 Å². The second-order valence-corrected chi connectivity index (χ2v) is 6.96. The van der Waals surface area contributed by atoms with E-state index in [2.05, 4.69) is 9.82 Å². The fraction of sp³-hybridized carbons (Fsp3) is 0.357. The van der Waals surface area contributed by atoms with Crippen LogP contribution in [0, 0.1) is 0 Å². The third-order valence-electron chi connectivity index (χ3n) is 3.77. The van der Waals surface area contributed by atoms with Gasteiger partial charge in [0.2, 0.25) is 0 Å². The second-order valence-electron chi connectivity index (χ2n) is 5.27. The fourth-order valence-corrected chi connectivity index (χ4v) is 3.73. The minimum Gasteiger partial charge on any atom is -0.399 e. The average molecular weight is 306 g/mol. The van der Waals surface area contributed by atoms with E-state index >= 15 is 0 Å². The van der Waals surface area contributed by atoms with Crippen molar-refractivity contribution in [3.63, 3.8) is 0 Å². The molecule has 0 radical (unpaired) electrons. The van der Waals surface area contributed by atoms with Crippen LogP contribution in [0.25, 0.3) is 0 Å². The van der Waals surface area contributed by atoms with Crippen molar-refractivity contribution in [3.05, 3.63) is 36.5 Å². The molecular weight excluding hydrogens is 288 g/mol. The van der Waals surface area contributed by atoms with Crippen LogP contribution in [0.5, 0.6) is 0 Å². The summed E-state index contributed by atoms with van der Waals surface area (Å²) >= 11 is 0. The van der Waals surface area contributed by atoms with Gasteiger partial charge in [-0.25, -0.2) is 13.1 Å². The van der Waals surface area contributed by atoms with E-state index in [1.54, 1.807) is 29.1 Å². The molecular formula is C14H18N4O2S. The molecule has 1 aromatic heterocycles. The molecule has 0 amide bonds. The van der Waals surface area contributed by atoms with E-state index in [0.717, 1.165) is 25.7 Å². The van der Waals surface area contributed by atoms with Crippen molar-refractivity contribution in [2.75, 3.05) is 10.5 Å². The number of benzene rings is 1. The summed E-state index contributed by atoms with van der Waals surface area (Å²) < 4.78 is 29.2. The Labute approximate surface area is 124 Å². The molecule has 1 saturated carbocycles. The van der Waals surface area contributed by atoms with Crippen LogP contribution in [0.2, 0.25) is 0 Å². The lowest BCUT2D eigenvalue weighted by Gasteiger charge is -2.15. The first-order valence-electron chi connectivity index (χ1n) is 6.98. The van der Waals surface area contributed by atoms with E-state index in [-0.39, 0.29) is 10.9 Å². The third-order valence-corrected chi connectivity index (χ3v) is 5.14. The van der Waals surface area contributed by atoms with Crippen molar-refractivity contribution in [2.45, 2.75) is 36.6 Å².